The van der Waals surface area contributed by atoms with Gasteiger partial charge in [0.15, 0.2) is 0 Å². The van der Waals surface area contributed by atoms with Crippen molar-refractivity contribution in [2.24, 2.45) is 0 Å². The number of hydrogen-bond donors (Lipinski definition) is 3. The van der Waals surface area contributed by atoms with E-state index in [1.165, 1.54) is 0 Å². The second-order valence-corrected chi connectivity index (χ2v) is 9.11. The molecule has 0 atom stereocenters. The second-order valence-electron chi connectivity index (χ2n) is 9.11. The van der Waals surface area contributed by atoms with Gasteiger partial charge in [-0.05, 0) is 62.3 Å². The Labute approximate surface area is 161 Å². The molecule has 158 valence electrons. The molecule has 0 fully saturated rings. The van der Waals surface area contributed by atoms with Gasteiger partial charge in [0.1, 0.15) is 16.8 Å². The van der Waals surface area contributed by atoms with E-state index < -0.39 is 41.1 Å². The zero-order valence-corrected chi connectivity index (χ0v) is 17.9. The monoisotopic (exact) mass is 389 g/mol. The molecule has 0 spiro atoms. The summed E-state index contributed by atoms with van der Waals surface area (Å²) in [5.41, 5.74) is -1.97. The molecule has 3 amide bonds. The molecule has 0 saturated heterocycles. The van der Waals surface area contributed by atoms with E-state index in [-0.39, 0.29) is 13.1 Å². The summed E-state index contributed by atoms with van der Waals surface area (Å²) in [6, 6.07) is -0.625. The predicted molar refractivity (Wildman–Crippen MR) is 102 cm³/mol. The first kappa shape index (κ1) is 24.8. The van der Waals surface area contributed by atoms with Crippen LogP contribution in [0.2, 0.25) is 0 Å². The molecule has 0 aromatic rings. The van der Waals surface area contributed by atoms with Gasteiger partial charge in [-0.3, -0.25) is 0 Å². The van der Waals surface area contributed by atoms with E-state index in [1.54, 1.807) is 62.3 Å². The highest BCUT2D eigenvalue weighted by Gasteiger charge is 2.23. The van der Waals surface area contributed by atoms with E-state index in [9.17, 15) is 14.4 Å². The highest BCUT2D eigenvalue weighted by molar-refractivity contribution is 5.70. The Morgan fingerprint density at radius 2 is 0.926 bits per heavy atom. The highest BCUT2D eigenvalue weighted by Crippen LogP contribution is 2.08. The molecule has 0 rings (SSSR count). The van der Waals surface area contributed by atoms with Crippen molar-refractivity contribution in [2.75, 3.05) is 13.1 Å². The van der Waals surface area contributed by atoms with E-state index in [0.717, 1.165) is 0 Å². The van der Waals surface area contributed by atoms with Crippen LogP contribution < -0.4 is 16.0 Å². The van der Waals surface area contributed by atoms with E-state index in [0.29, 0.717) is 0 Å². The van der Waals surface area contributed by atoms with Gasteiger partial charge in [-0.1, -0.05) is 0 Å². The Morgan fingerprint density at radius 1 is 0.630 bits per heavy atom. The number of hydrogen-bond acceptors (Lipinski definition) is 6. The predicted octanol–water partition coefficient (Wildman–Crippen LogP) is 2.93. The first-order valence-corrected chi connectivity index (χ1v) is 8.90. The van der Waals surface area contributed by atoms with Crippen molar-refractivity contribution in [3.05, 3.63) is 0 Å². The molecule has 0 aliphatic rings. The van der Waals surface area contributed by atoms with Crippen molar-refractivity contribution in [1.29, 1.82) is 0 Å². The maximum absolute atomic E-state index is 12.0. The lowest BCUT2D eigenvalue weighted by molar-refractivity contribution is 0.0442. The van der Waals surface area contributed by atoms with Crippen LogP contribution in [0.25, 0.3) is 0 Å². The maximum atomic E-state index is 12.0. The Hall–Kier alpha value is -2.19. The normalized spacial score (nSPS) is 12.2. The van der Waals surface area contributed by atoms with Crippen LogP contribution in [0, 0.1) is 0 Å². The third-order valence-corrected chi connectivity index (χ3v) is 2.50. The van der Waals surface area contributed by atoms with Gasteiger partial charge in [0.25, 0.3) is 0 Å². The molecule has 0 radical (unpaired) electrons. The Balaban J connectivity index is 4.77. The summed E-state index contributed by atoms with van der Waals surface area (Å²) in [5.74, 6) is 0. The molecule has 9 nitrogen and oxygen atoms in total. The number of nitrogens with one attached hydrogen (secondary N) is 3. The summed E-state index contributed by atoms with van der Waals surface area (Å²) in [5, 5.41) is 7.72. The van der Waals surface area contributed by atoms with Crippen LogP contribution in [0.15, 0.2) is 0 Å². The fraction of sp³-hybridized carbons (Fsp3) is 0.833. The van der Waals surface area contributed by atoms with Crippen LogP contribution in [0.5, 0.6) is 0 Å². The minimum atomic E-state index is -0.675. The van der Waals surface area contributed by atoms with Gasteiger partial charge >= 0.3 is 18.3 Å². The number of ether oxygens (including phenoxy) is 3. The summed E-state index contributed by atoms with van der Waals surface area (Å²) in [6.07, 6.45) is -1.92. The molecule has 0 aliphatic heterocycles. The molecule has 9 heteroatoms. The van der Waals surface area contributed by atoms with Gasteiger partial charge in [-0.15, -0.1) is 0 Å². The molecule has 3 N–H and O–H groups in total. The van der Waals surface area contributed by atoms with Gasteiger partial charge in [0, 0.05) is 13.1 Å². The molecule has 27 heavy (non-hydrogen) atoms. The fourth-order valence-corrected chi connectivity index (χ4v) is 1.69. The number of amides is 3. The van der Waals surface area contributed by atoms with Crippen LogP contribution in [-0.4, -0.2) is 54.2 Å². The van der Waals surface area contributed by atoms with Crippen LogP contribution in [0.3, 0.4) is 0 Å². The molecule has 0 bridgehead atoms. The second kappa shape index (κ2) is 9.66. The summed E-state index contributed by atoms with van der Waals surface area (Å²) in [6.45, 7) is 15.7. The third kappa shape index (κ3) is 15.8. The van der Waals surface area contributed by atoms with E-state index in [4.69, 9.17) is 14.2 Å². The Morgan fingerprint density at radius 3 is 1.22 bits per heavy atom. The first-order chi connectivity index (χ1) is 12.0. The topological polar surface area (TPSA) is 115 Å². The molecule has 0 aliphatic carbocycles. The molecule has 0 unspecified atom stereocenters. The van der Waals surface area contributed by atoms with Crippen molar-refractivity contribution in [3.63, 3.8) is 0 Å². The first-order valence-electron chi connectivity index (χ1n) is 8.90. The SMILES string of the molecule is CC(C)(C)OC(=O)NCC(CNC(=O)OC(C)(C)C)NC(=O)OC(C)(C)C. The van der Waals surface area contributed by atoms with E-state index >= 15 is 0 Å². The largest absolute Gasteiger partial charge is 0.444 e. The summed E-state index contributed by atoms with van der Waals surface area (Å²) < 4.78 is 15.5. The lowest BCUT2D eigenvalue weighted by Gasteiger charge is -2.26. The minimum absolute atomic E-state index is 0.0317. The van der Waals surface area contributed by atoms with Gasteiger partial charge in [0.2, 0.25) is 0 Å². The average molecular weight is 389 g/mol. The number of carbonyl (C=O) groups is 3. The molecule has 0 saturated carbocycles. The van der Waals surface area contributed by atoms with Gasteiger partial charge < -0.3 is 30.2 Å². The van der Waals surface area contributed by atoms with Gasteiger partial charge in [-0.25, -0.2) is 14.4 Å². The Bertz CT molecular complexity index is 483. The molecule has 0 aromatic heterocycles. The smallest absolute Gasteiger partial charge is 0.407 e. The third-order valence-electron chi connectivity index (χ3n) is 2.50. The standard InChI is InChI=1S/C18H35N3O6/c1-16(2,3)25-13(22)19-10-12(21-15(24)27-18(7,8)9)11-20-14(23)26-17(4,5)6/h12H,10-11H2,1-9H3,(H,19,22)(H,20,23)(H,21,24). The van der Waals surface area contributed by atoms with Crippen molar-refractivity contribution in [2.45, 2.75) is 85.2 Å². The summed E-state index contributed by atoms with van der Waals surface area (Å²) in [7, 11) is 0. The number of rotatable bonds is 5. The highest BCUT2D eigenvalue weighted by atomic mass is 16.6. The number of carbonyl (C=O) groups excluding carboxylic acids is 3. The zero-order chi connectivity index (χ0) is 21.5. The summed E-state index contributed by atoms with van der Waals surface area (Å²) >= 11 is 0. The van der Waals surface area contributed by atoms with Gasteiger partial charge in [-0.2, -0.15) is 0 Å². The summed E-state index contributed by atoms with van der Waals surface area (Å²) in [4.78, 5) is 35.6. The van der Waals surface area contributed by atoms with Crippen LogP contribution in [0.4, 0.5) is 14.4 Å². The van der Waals surface area contributed by atoms with Crippen molar-refractivity contribution in [3.8, 4) is 0 Å². The lowest BCUT2D eigenvalue weighted by Crippen LogP contribution is -2.51. The zero-order valence-electron chi connectivity index (χ0n) is 17.9. The van der Waals surface area contributed by atoms with Crippen molar-refractivity contribution >= 4 is 18.3 Å². The van der Waals surface area contributed by atoms with Crippen molar-refractivity contribution in [1.82, 2.24) is 16.0 Å². The fourth-order valence-electron chi connectivity index (χ4n) is 1.69. The molecular formula is C18H35N3O6. The van der Waals surface area contributed by atoms with Crippen LogP contribution >= 0.6 is 0 Å². The number of alkyl carbamates (subject to hydrolysis) is 3. The minimum Gasteiger partial charge on any atom is -0.444 e. The molecule has 0 aromatic carbocycles. The maximum Gasteiger partial charge on any atom is 0.407 e. The van der Waals surface area contributed by atoms with Crippen LogP contribution in [-0.2, 0) is 14.2 Å². The molecular weight excluding hydrogens is 354 g/mol. The van der Waals surface area contributed by atoms with Crippen molar-refractivity contribution < 1.29 is 28.6 Å². The molecule has 0 heterocycles. The van der Waals surface area contributed by atoms with Gasteiger partial charge in [0.05, 0.1) is 6.04 Å². The van der Waals surface area contributed by atoms with E-state index in [1.807, 2.05) is 0 Å². The van der Waals surface area contributed by atoms with Crippen LogP contribution in [0.1, 0.15) is 62.3 Å². The lowest BCUT2D eigenvalue weighted by atomic mass is 10.2. The van der Waals surface area contributed by atoms with E-state index in [2.05, 4.69) is 16.0 Å². The Kier molecular flexibility index (Phi) is 8.88. The average Bonchev–Trinajstić information content (AvgIpc) is 2.35. The quantitative estimate of drug-likeness (QED) is 0.623.